The second kappa shape index (κ2) is 8.75. The number of sulfonamides is 1. The van der Waals surface area contributed by atoms with Crippen LogP contribution in [0.15, 0.2) is 70.7 Å². The van der Waals surface area contributed by atoms with Crippen LogP contribution in [-0.2, 0) is 10.0 Å². The van der Waals surface area contributed by atoms with Gasteiger partial charge in [0.25, 0.3) is 5.91 Å². The van der Waals surface area contributed by atoms with Crippen LogP contribution in [0.4, 0.5) is 0 Å². The lowest BCUT2D eigenvalue weighted by Crippen LogP contribution is -2.28. The Balaban J connectivity index is 1.57. The van der Waals surface area contributed by atoms with E-state index in [2.05, 4.69) is 10.5 Å². The SMILES string of the molecule is O=C(N/N=C\C=C\c1ccccc1)c1ccc(S(=O)(=O)N2CCCC2)cc1. The average Bonchev–Trinajstić information content (AvgIpc) is 3.24. The molecule has 1 fully saturated rings. The van der Waals surface area contributed by atoms with Crippen molar-refractivity contribution in [2.75, 3.05) is 13.1 Å². The maximum atomic E-state index is 12.5. The molecule has 0 spiro atoms. The molecule has 7 heteroatoms. The van der Waals surface area contributed by atoms with Crippen LogP contribution < -0.4 is 5.43 Å². The number of rotatable bonds is 6. The number of benzene rings is 2. The van der Waals surface area contributed by atoms with E-state index in [1.54, 1.807) is 6.08 Å². The van der Waals surface area contributed by atoms with E-state index < -0.39 is 15.9 Å². The summed E-state index contributed by atoms with van der Waals surface area (Å²) >= 11 is 0. The third kappa shape index (κ3) is 4.90. The van der Waals surface area contributed by atoms with E-state index >= 15 is 0 Å². The lowest BCUT2D eigenvalue weighted by molar-refractivity contribution is 0.0955. The summed E-state index contributed by atoms with van der Waals surface area (Å²) in [5, 5.41) is 3.86. The van der Waals surface area contributed by atoms with E-state index in [0.29, 0.717) is 18.7 Å². The number of carbonyl (C=O) groups excluding carboxylic acids is 1. The molecule has 0 saturated carbocycles. The molecule has 0 unspecified atom stereocenters. The zero-order valence-corrected chi connectivity index (χ0v) is 15.6. The largest absolute Gasteiger partial charge is 0.271 e. The van der Waals surface area contributed by atoms with Gasteiger partial charge in [0, 0.05) is 24.9 Å². The zero-order valence-electron chi connectivity index (χ0n) is 14.8. The van der Waals surface area contributed by atoms with Gasteiger partial charge in [0.15, 0.2) is 0 Å². The number of hydrogen-bond donors (Lipinski definition) is 1. The maximum absolute atomic E-state index is 12.5. The molecule has 6 nitrogen and oxygen atoms in total. The first-order chi connectivity index (χ1) is 13.1. The predicted molar refractivity (Wildman–Crippen MR) is 106 cm³/mol. The Hall–Kier alpha value is -2.77. The molecule has 0 aromatic heterocycles. The van der Waals surface area contributed by atoms with Crippen LogP contribution >= 0.6 is 0 Å². The third-order valence-electron chi connectivity index (χ3n) is 4.23. The minimum absolute atomic E-state index is 0.204. The van der Waals surface area contributed by atoms with E-state index in [-0.39, 0.29) is 4.90 Å². The first kappa shape index (κ1) is 19.0. The zero-order chi connectivity index (χ0) is 19.1. The quantitative estimate of drug-likeness (QED) is 0.615. The van der Waals surface area contributed by atoms with Gasteiger partial charge < -0.3 is 0 Å². The van der Waals surface area contributed by atoms with Gasteiger partial charge >= 0.3 is 0 Å². The highest BCUT2D eigenvalue weighted by molar-refractivity contribution is 7.89. The van der Waals surface area contributed by atoms with Crippen molar-refractivity contribution in [2.45, 2.75) is 17.7 Å². The first-order valence-electron chi connectivity index (χ1n) is 8.73. The molecule has 0 bridgehead atoms. The Morgan fingerprint density at radius 1 is 1.00 bits per heavy atom. The summed E-state index contributed by atoms with van der Waals surface area (Å²) < 4.78 is 26.4. The third-order valence-corrected chi connectivity index (χ3v) is 6.15. The lowest BCUT2D eigenvalue weighted by atomic mass is 10.2. The Morgan fingerprint density at radius 3 is 2.33 bits per heavy atom. The molecule has 140 valence electrons. The standard InChI is InChI=1S/C20H21N3O3S/c24-20(22-21-14-6-9-17-7-2-1-3-8-17)18-10-12-19(13-11-18)27(25,26)23-15-4-5-16-23/h1-3,6-14H,4-5,15-16H2,(H,22,24)/b9-6+,21-14-. The number of allylic oxidation sites excluding steroid dienone is 1. The molecule has 1 saturated heterocycles. The number of hydrazone groups is 1. The van der Waals surface area contributed by atoms with Gasteiger partial charge in [0.2, 0.25) is 10.0 Å². The van der Waals surface area contributed by atoms with Gasteiger partial charge in [-0.3, -0.25) is 4.79 Å². The van der Waals surface area contributed by atoms with E-state index in [0.717, 1.165) is 18.4 Å². The second-order valence-corrected chi connectivity index (χ2v) is 8.06. The van der Waals surface area contributed by atoms with Crippen molar-refractivity contribution < 1.29 is 13.2 Å². The maximum Gasteiger partial charge on any atom is 0.271 e. The van der Waals surface area contributed by atoms with Crippen molar-refractivity contribution in [1.82, 2.24) is 9.73 Å². The Bertz CT molecular complexity index is 930. The molecule has 3 rings (SSSR count). The summed E-state index contributed by atoms with van der Waals surface area (Å²) in [7, 11) is -3.47. The van der Waals surface area contributed by atoms with E-state index in [1.807, 2.05) is 36.4 Å². The summed E-state index contributed by atoms with van der Waals surface area (Å²) in [6, 6.07) is 15.6. The highest BCUT2D eigenvalue weighted by Crippen LogP contribution is 2.21. The van der Waals surface area contributed by atoms with Gasteiger partial charge in [-0.2, -0.15) is 9.41 Å². The van der Waals surface area contributed by atoms with Gasteiger partial charge in [0.05, 0.1) is 4.90 Å². The Labute approximate surface area is 159 Å². The number of nitrogens with one attached hydrogen (secondary N) is 1. The van der Waals surface area contributed by atoms with E-state index in [9.17, 15) is 13.2 Å². The van der Waals surface area contributed by atoms with Gasteiger partial charge in [-0.25, -0.2) is 13.8 Å². The molecule has 1 aliphatic rings. The van der Waals surface area contributed by atoms with E-state index in [1.165, 1.54) is 34.8 Å². The number of amides is 1. The molecule has 2 aromatic rings. The van der Waals surface area contributed by atoms with Gasteiger partial charge in [-0.15, -0.1) is 0 Å². The van der Waals surface area contributed by atoms with Crippen LogP contribution in [0, 0.1) is 0 Å². The van der Waals surface area contributed by atoms with Crippen molar-refractivity contribution in [2.24, 2.45) is 5.10 Å². The van der Waals surface area contributed by atoms with Crippen molar-refractivity contribution in [3.8, 4) is 0 Å². The van der Waals surface area contributed by atoms with Crippen molar-refractivity contribution in [3.05, 3.63) is 71.8 Å². The number of hydrogen-bond acceptors (Lipinski definition) is 4. The van der Waals surface area contributed by atoms with Gasteiger partial charge in [0.1, 0.15) is 0 Å². The van der Waals surface area contributed by atoms with Crippen molar-refractivity contribution in [3.63, 3.8) is 0 Å². The summed E-state index contributed by atoms with van der Waals surface area (Å²) in [5.41, 5.74) is 3.80. The fourth-order valence-electron chi connectivity index (χ4n) is 2.78. The van der Waals surface area contributed by atoms with E-state index in [4.69, 9.17) is 0 Å². The lowest BCUT2D eigenvalue weighted by Gasteiger charge is -2.15. The molecule has 1 amide bonds. The van der Waals surface area contributed by atoms with Crippen LogP contribution in [0.2, 0.25) is 0 Å². The van der Waals surface area contributed by atoms with Crippen LogP contribution in [0.5, 0.6) is 0 Å². The molecular formula is C20H21N3O3S. The molecule has 1 aliphatic heterocycles. The molecule has 0 radical (unpaired) electrons. The normalized spacial score (nSPS) is 15.6. The monoisotopic (exact) mass is 383 g/mol. The van der Waals surface area contributed by atoms with Crippen molar-refractivity contribution in [1.29, 1.82) is 0 Å². The Morgan fingerprint density at radius 2 is 1.67 bits per heavy atom. The van der Waals surface area contributed by atoms with Gasteiger partial charge in [-0.1, -0.05) is 36.4 Å². The molecule has 2 aromatic carbocycles. The molecule has 27 heavy (non-hydrogen) atoms. The summed E-state index contributed by atoms with van der Waals surface area (Å²) in [4.78, 5) is 12.3. The highest BCUT2D eigenvalue weighted by Gasteiger charge is 2.27. The molecule has 0 aliphatic carbocycles. The average molecular weight is 383 g/mol. The topological polar surface area (TPSA) is 78.8 Å². The second-order valence-electron chi connectivity index (χ2n) is 6.12. The summed E-state index contributed by atoms with van der Waals surface area (Å²) in [6.07, 6.45) is 6.85. The molecule has 0 atom stereocenters. The number of carbonyl (C=O) groups is 1. The van der Waals surface area contributed by atoms with Crippen LogP contribution in [0.3, 0.4) is 0 Å². The molecular weight excluding hydrogens is 362 g/mol. The van der Waals surface area contributed by atoms with Gasteiger partial charge in [-0.05, 0) is 48.7 Å². The molecule has 1 N–H and O–H groups in total. The highest BCUT2D eigenvalue weighted by atomic mass is 32.2. The fourth-order valence-corrected chi connectivity index (χ4v) is 4.29. The Kier molecular flexibility index (Phi) is 6.16. The van der Waals surface area contributed by atoms with Crippen molar-refractivity contribution >= 4 is 28.2 Å². The smallest absolute Gasteiger partial charge is 0.267 e. The predicted octanol–water partition coefficient (Wildman–Crippen LogP) is 2.90. The number of nitrogens with zero attached hydrogens (tertiary/aromatic N) is 2. The summed E-state index contributed by atoms with van der Waals surface area (Å²) in [6.45, 7) is 1.10. The van der Waals surface area contributed by atoms with Crippen LogP contribution in [0.25, 0.3) is 6.08 Å². The summed E-state index contributed by atoms with van der Waals surface area (Å²) in [5.74, 6) is -0.399. The van der Waals surface area contributed by atoms with Crippen LogP contribution in [0.1, 0.15) is 28.8 Å². The van der Waals surface area contributed by atoms with Crippen LogP contribution in [-0.4, -0.2) is 37.9 Å². The first-order valence-corrected chi connectivity index (χ1v) is 10.2. The minimum atomic E-state index is -3.47. The molecule has 1 heterocycles. The minimum Gasteiger partial charge on any atom is -0.267 e. The fraction of sp³-hybridized carbons (Fsp3) is 0.200.